The van der Waals surface area contributed by atoms with E-state index in [-0.39, 0.29) is 6.04 Å². The van der Waals surface area contributed by atoms with Gasteiger partial charge in [0.05, 0.1) is 0 Å². The minimum absolute atomic E-state index is 0.159. The molecule has 130 valence electrons. The number of rotatable bonds is 4. The van der Waals surface area contributed by atoms with Gasteiger partial charge in [-0.15, -0.1) is 0 Å². The zero-order chi connectivity index (χ0) is 18.1. The largest absolute Gasteiger partial charge is 0.440 e. The highest BCUT2D eigenvalue weighted by molar-refractivity contribution is 8.13. The Hall–Kier alpha value is -1.97. The Morgan fingerprint density at radius 2 is 1.28 bits per heavy atom. The fourth-order valence-electron chi connectivity index (χ4n) is 2.05. The minimum atomic E-state index is -2.93. The van der Waals surface area contributed by atoms with E-state index in [0.717, 1.165) is 0 Å². The highest BCUT2D eigenvalue weighted by atomic mass is 32.5. The average Bonchev–Trinajstić information content (AvgIpc) is 2.64. The second kappa shape index (κ2) is 9.50. The third kappa shape index (κ3) is 6.45. The second-order valence-electron chi connectivity index (χ2n) is 5.46. The lowest BCUT2D eigenvalue weighted by molar-refractivity contribution is 0.496. The van der Waals surface area contributed by atoms with E-state index in [1.165, 1.54) is 5.56 Å². The first-order valence-corrected chi connectivity index (χ1v) is 10.6. The molecule has 3 aromatic carbocycles. The molecule has 3 rings (SSSR count). The van der Waals surface area contributed by atoms with E-state index in [1.54, 1.807) is 24.3 Å². The summed E-state index contributed by atoms with van der Waals surface area (Å²) in [5, 5.41) is 0.661. The molecule has 3 N–H and O–H groups in total. The van der Waals surface area contributed by atoms with Gasteiger partial charge in [-0.1, -0.05) is 66.7 Å². The molecule has 0 saturated heterocycles. The summed E-state index contributed by atoms with van der Waals surface area (Å²) < 4.78 is 5.47. The molecule has 3 aromatic rings. The second-order valence-corrected chi connectivity index (χ2v) is 8.68. The van der Waals surface area contributed by atoms with E-state index >= 15 is 0 Å². The highest BCUT2D eigenvalue weighted by Crippen LogP contribution is 2.41. The summed E-state index contributed by atoms with van der Waals surface area (Å²) in [6, 6.07) is 28.4. The molecule has 0 bridgehead atoms. The molecule has 25 heavy (non-hydrogen) atoms. The smallest absolute Gasteiger partial charge is 0.266 e. The summed E-state index contributed by atoms with van der Waals surface area (Å²) in [7, 11) is 0. The quantitative estimate of drug-likeness (QED) is 0.668. The van der Waals surface area contributed by atoms with Crippen LogP contribution in [0.1, 0.15) is 18.5 Å². The zero-order valence-corrected chi connectivity index (χ0v) is 15.7. The monoisotopic (exact) mass is 371 g/mol. The standard InChI is InChI=1S/C12H11O2PS.C8H11N/c13-15(16,12-9-5-2-6-10-12)14-11-7-3-1-4-8-11;1-7(9)8-5-3-2-4-6-8/h1-10H,(H,13,16);2-7H,9H2,1H3/t;7-/m.1/s1. The van der Waals surface area contributed by atoms with Crippen LogP contribution in [0.25, 0.3) is 0 Å². The Kier molecular flexibility index (Phi) is 7.35. The van der Waals surface area contributed by atoms with Crippen molar-refractivity contribution in [1.29, 1.82) is 0 Å². The van der Waals surface area contributed by atoms with E-state index in [9.17, 15) is 4.89 Å². The van der Waals surface area contributed by atoms with Gasteiger partial charge in [-0.3, -0.25) is 0 Å². The van der Waals surface area contributed by atoms with Crippen molar-refractivity contribution in [3.8, 4) is 5.75 Å². The van der Waals surface area contributed by atoms with Crippen LogP contribution in [-0.2, 0) is 11.8 Å². The van der Waals surface area contributed by atoms with Crippen LogP contribution in [0.4, 0.5) is 0 Å². The number of hydrogen-bond acceptors (Lipinski definition) is 3. The van der Waals surface area contributed by atoms with Gasteiger partial charge >= 0.3 is 0 Å². The van der Waals surface area contributed by atoms with E-state index in [2.05, 4.69) is 0 Å². The van der Waals surface area contributed by atoms with Crippen LogP contribution in [0.2, 0.25) is 0 Å². The van der Waals surface area contributed by atoms with Crippen molar-refractivity contribution in [2.75, 3.05) is 0 Å². The molecule has 2 atom stereocenters. The van der Waals surface area contributed by atoms with E-state index in [1.807, 2.05) is 73.7 Å². The van der Waals surface area contributed by atoms with Gasteiger partial charge in [-0.25, -0.2) is 0 Å². The summed E-state index contributed by atoms with van der Waals surface area (Å²) in [6.07, 6.45) is 0. The number of hydrogen-bond donors (Lipinski definition) is 2. The molecule has 0 spiro atoms. The Bertz CT molecular complexity index is 796. The fraction of sp³-hybridized carbons (Fsp3) is 0.100. The molecular formula is C20H22NO2PS. The molecule has 3 nitrogen and oxygen atoms in total. The summed E-state index contributed by atoms with van der Waals surface area (Å²) in [5.74, 6) is 0.595. The molecule has 0 radical (unpaired) electrons. The fourth-order valence-corrected chi connectivity index (χ4v) is 3.74. The molecule has 0 aromatic heterocycles. The first kappa shape index (κ1) is 19.4. The normalized spacial score (nSPS) is 13.7. The topological polar surface area (TPSA) is 55.5 Å². The van der Waals surface area contributed by atoms with Crippen LogP contribution in [0.3, 0.4) is 0 Å². The Labute approximate surface area is 154 Å². The summed E-state index contributed by atoms with van der Waals surface area (Å²) in [6.45, 7) is -0.952. The summed E-state index contributed by atoms with van der Waals surface area (Å²) in [4.78, 5) is 10.1. The predicted octanol–water partition coefficient (Wildman–Crippen LogP) is 4.40. The number of benzene rings is 3. The lowest BCUT2D eigenvalue weighted by atomic mass is 10.1. The summed E-state index contributed by atoms with van der Waals surface area (Å²) >= 11 is 5.14. The predicted molar refractivity (Wildman–Crippen MR) is 109 cm³/mol. The maximum atomic E-state index is 10.1. The molecule has 0 aliphatic heterocycles. The maximum absolute atomic E-state index is 10.1. The molecule has 0 amide bonds. The van der Waals surface area contributed by atoms with Crippen molar-refractivity contribution in [3.63, 3.8) is 0 Å². The average molecular weight is 371 g/mol. The maximum Gasteiger partial charge on any atom is 0.266 e. The minimum Gasteiger partial charge on any atom is -0.440 e. The van der Waals surface area contributed by atoms with Gasteiger partial charge in [0.2, 0.25) is 0 Å². The van der Waals surface area contributed by atoms with Crippen LogP contribution in [0, 0.1) is 0 Å². The SMILES string of the molecule is C[C@@H](N)c1ccccc1.OP(=S)(Oc1ccccc1)c1ccccc1. The molecule has 5 heteroatoms. The third-order valence-corrected chi connectivity index (χ3v) is 5.65. The summed E-state index contributed by atoms with van der Waals surface area (Å²) in [5.41, 5.74) is 6.81. The van der Waals surface area contributed by atoms with Crippen molar-refractivity contribution >= 4 is 23.6 Å². The van der Waals surface area contributed by atoms with Crippen molar-refractivity contribution in [1.82, 2.24) is 0 Å². The van der Waals surface area contributed by atoms with Gasteiger partial charge in [0.1, 0.15) is 5.75 Å². The first-order chi connectivity index (χ1) is 12.0. The van der Waals surface area contributed by atoms with Gasteiger partial charge in [-0.05, 0) is 48.6 Å². The van der Waals surface area contributed by atoms with E-state index < -0.39 is 6.49 Å². The van der Waals surface area contributed by atoms with Crippen molar-refractivity contribution in [2.45, 2.75) is 13.0 Å². The van der Waals surface area contributed by atoms with Crippen LogP contribution in [0.15, 0.2) is 91.0 Å². The van der Waals surface area contributed by atoms with Gasteiger partial charge in [0.25, 0.3) is 6.49 Å². The van der Waals surface area contributed by atoms with Crippen molar-refractivity contribution in [2.24, 2.45) is 5.73 Å². The van der Waals surface area contributed by atoms with Crippen LogP contribution in [-0.4, -0.2) is 4.89 Å². The Morgan fingerprint density at radius 3 is 1.72 bits per heavy atom. The lowest BCUT2D eigenvalue weighted by Crippen LogP contribution is -2.07. The number of para-hydroxylation sites is 1. The molecule has 0 heterocycles. The molecule has 0 aliphatic carbocycles. The number of nitrogens with two attached hydrogens (primary N) is 1. The van der Waals surface area contributed by atoms with Gasteiger partial charge in [0, 0.05) is 11.3 Å². The Balaban J connectivity index is 0.000000212. The third-order valence-electron chi connectivity index (χ3n) is 3.38. The van der Waals surface area contributed by atoms with Crippen LogP contribution in [0.5, 0.6) is 5.75 Å². The van der Waals surface area contributed by atoms with Gasteiger partial charge in [-0.2, -0.15) is 0 Å². The van der Waals surface area contributed by atoms with Gasteiger partial charge < -0.3 is 15.2 Å². The zero-order valence-electron chi connectivity index (χ0n) is 14.0. The molecule has 0 saturated carbocycles. The lowest BCUT2D eigenvalue weighted by Gasteiger charge is -2.16. The molecular weight excluding hydrogens is 349 g/mol. The molecule has 0 aliphatic rings. The van der Waals surface area contributed by atoms with E-state index in [4.69, 9.17) is 22.1 Å². The van der Waals surface area contributed by atoms with Crippen LogP contribution < -0.4 is 15.6 Å². The molecule has 1 unspecified atom stereocenters. The van der Waals surface area contributed by atoms with Crippen molar-refractivity contribution in [3.05, 3.63) is 96.6 Å². The van der Waals surface area contributed by atoms with Gasteiger partial charge in [0.15, 0.2) is 0 Å². The Morgan fingerprint density at radius 1 is 0.840 bits per heavy atom. The van der Waals surface area contributed by atoms with Crippen molar-refractivity contribution < 1.29 is 9.42 Å². The first-order valence-electron chi connectivity index (χ1n) is 7.92. The van der Waals surface area contributed by atoms with Crippen LogP contribution >= 0.6 is 6.49 Å². The molecule has 0 fully saturated rings. The highest BCUT2D eigenvalue weighted by Gasteiger charge is 2.17. The van der Waals surface area contributed by atoms with E-state index in [0.29, 0.717) is 11.1 Å².